The third-order valence-electron chi connectivity index (χ3n) is 8.27. The fourth-order valence-corrected chi connectivity index (χ4v) is 6.25. The van der Waals surface area contributed by atoms with Crippen molar-refractivity contribution in [1.29, 1.82) is 0 Å². The van der Waals surface area contributed by atoms with E-state index in [1.165, 1.54) is 32.1 Å². The van der Waals surface area contributed by atoms with Gasteiger partial charge < -0.3 is 10.2 Å². The zero-order valence-corrected chi connectivity index (χ0v) is 28.1. The second-order valence-corrected chi connectivity index (χ2v) is 15.0. The zero-order chi connectivity index (χ0) is 31.5. The van der Waals surface area contributed by atoms with E-state index in [0.717, 1.165) is 37.3 Å². The minimum Gasteiger partial charge on any atom is -0.511 e. The average Bonchev–Trinajstić information content (AvgIpc) is 2.81. The van der Waals surface area contributed by atoms with Gasteiger partial charge in [-0.1, -0.05) is 80.1 Å². The van der Waals surface area contributed by atoms with E-state index in [1.807, 2.05) is 41.5 Å². The number of unbranched alkanes of at least 4 members (excludes halogenated alkanes) is 6. The van der Waals surface area contributed by atoms with Crippen LogP contribution in [0, 0.1) is 16.7 Å². The minimum atomic E-state index is -0.246. The molecule has 0 aromatic rings. The monoisotopic (exact) mass is 584 g/mol. The van der Waals surface area contributed by atoms with Gasteiger partial charge in [-0.3, -0.25) is 19.6 Å². The first-order valence-corrected chi connectivity index (χ1v) is 16.6. The van der Waals surface area contributed by atoms with E-state index < -0.39 is 0 Å². The first-order chi connectivity index (χ1) is 19.6. The maximum atomic E-state index is 13.1. The molecule has 238 valence electrons. The highest BCUT2D eigenvalue weighted by atomic mass is 16.3. The normalized spacial score (nSPS) is 20.0. The molecule has 0 aliphatic heterocycles. The number of hydrogen-bond donors (Lipinski definition) is 2. The van der Waals surface area contributed by atoms with E-state index in [-0.39, 0.29) is 40.0 Å². The molecule has 0 aromatic carbocycles. The molecular weight excluding hydrogens is 524 g/mol. The van der Waals surface area contributed by atoms with Crippen molar-refractivity contribution in [3.8, 4) is 0 Å². The largest absolute Gasteiger partial charge is 0.511 e. The van der Waals surface area contributed by atoms with Crippen LogP contribution in [0.1, 0.15) is 152 Å². The number of nitrogens with zero attached hydrogens (tertiary/aromatic N) is 2. The number of Topliss-reactive ketones (excluding diaryl/α,β-unsaturated/α-hetero) is 2. The van der Waals surface area contributed by atoms with Crippen molar-refractivity contribution in [2.75, 3.05) is 6.54 Å². The van der Waals surface area contributed by atoms with Crippen LogP contribution in [0.25, 0.3) is 0 Å². The molecule has 2 aliphatic carbocycles. The Morgan fingerprint density at radius 3 is 1.60 bits per heavy atom. The third kappa shape index (κ3) is 12.2. The molecule has 2 rings (SSSR count). The van der Waals surface area contributed by atoms with E-state index in [2.05, 4.69) is 13.8 Å². The third-order valence-corrected chi connectivity index (χ3v) is 8.27. The van der Waals surface area contributed by atoms with Crippen molar-refractivity contribution in [3.63, 3.8) is 0 Å². The van der Waals surface area contributed by atoms with E-state index in [0.29, 0.717) is 61.9 Å². The van der Waals surface area contributed by atoms with Gasteiger partial charge in [-0.25, -0.2) is 0 Å². The van der Waals surface area contributed by atoms with Crippen LogP contribution in [0.5, 0.6) is 0 Å². The second kappa shape index (κ2) is 16.6. The van der Waals surface area contributed by atoms with Crippen LogP contribution in [0.2, 0.25) is 0 Å². The van der Waals surface area contributed by atoms with Crippen LogP contribution in [-0.2, 0) is 9.59 Å². The van der Waals surface area contributed by atoms with Crippen LogP contribution in [-0.4, -0.2) is 45.8 Å². The lowest BCUT2D eigenvalue weighted by atomic mass is 9.75. The number of carbonyl (C=O) groups excluding carboxylic acids is 2. The van der Waals surface area contributed by atoms with Crippen molar-refractivity contribution in [3.05, 3.63) is 22.7 Å². The molecule has 0 bridgehead atoms. The van der Waals surface area contributed by atoms with Gasteiger partial charge in [0.05, 0.1) is 11.1 Å². The smallest absolute Gasteiger partial charge is 0.168 e. The van der Waals surface area contributed by atoms with Gasteiger partial charge >= 0.3 is 0 Å². The number of allylic oxidation sites excluding steroid dienone is 4. The van der Waals surface area contributed by atoms with Gasteiger partial charge in [0.1, 0.15) is 11.5 Å². The Morgan fingerprint density at radius 1 is 0.667 bits per heavy atom. The predicted octanol–water partition coefficient (Wildman–Crippen LogP) is 9.63. The van der Waals surface area contributed by atoms with Crippen LogP contribution in [0.15, 0.2) is 32.6 Å². The number of rotatable bonds is 17. The molecule has 6 nitrogen and oxygen atoms in total. The van der Waals surface area contributed by atoms with Gasteiger partial charge in [0.25, 0.3) is 0 Å². The maximum absolute atomic E-state index is 13.1. The molecule has 0 saturated heterocycles. The fourth-order valence-electron chi connectivity index (χ4n) is 6.25. The van der Waals surface area contributed by atoms with Gasteiger partial charge in [-0.05, 0) is 62.7 Å². The molecule has 0 saturated carbocycles. The molecule has 0 heterocycles. The molecule has 0 fully saturated rings. The predicted molar refractivity (Wildman–Crippen MR) is 176 cm³/mol. The summed E-state index contributed by atoms with van der Waals surface area (Å²) in [5.41, 5.74) is 1.76. The number of aliphatic imine (C=N–C) groups is 2. The molecule has 0 atom stereocenters. The topological polar surface area (TPSA) is 99.3 Å². The number of hydrogen-bond acceptors (Lipinski definition) is 6. The van der Waals surface area contributed by atoms with Crippen molar-refractivity contribution < 1.29 is 19.8 Å². The van der Waals surface area contributed by atoms with Gasteiger partial charge in [0.15, 0.2) is 11.6 Å². The molecule has 0 spiro atoms. The standard InChI is InChI=1S/C36H60N2O4/c1-25(2)17-13-11-9-10-12-16-20-37-27(33-29(39)21-35(5,6)22-30(33)40)18-14-15-19-28(38-26(3)4)34-31(41)23-36(7,8)24-32(34)42/h25-26,39,41H,9-24H2,1-8H3. The number of aliphatic hydroxyl groups is 2. The van der Waals surface area contributed by atoms with E-state index in [9.17, 15) is 19.8 Å². The lowest BCUT2D eigenvalue weighted by Gasteiger charge is -2.30. The van der Waals surface area contributed by atoms with Crippen molar-refractivity contribution in [2.24, 2.45) is 26.7 Å². The fraction of sp³-hybridized carbons (Fsp3) is 0.778. The highest BCUT2D eigenvalue weighted by molar-refractivity contribution is 6.24. The number of carbonyl (C=O) groups is 2. The zero-order valence-electron chi connectivity index (χ0n) is 28.1. The summed E-state index contributed by atoms with van der Waals surface area (Å²) in [6, 6.07) is 0.0145. The van der Waals surface area contributed by atoms with Gasteiger partial charge in [0, 0.05) is 49.7 Å². The summed E-state index contributed by atoms with van der Waals surface area (Å²) < 4.78 is 0. The van der Waals surface area contributed by atoms with Crippen LogP contribution < -0.4 is 0 Å². The van der Waals surface area contributed by atoms with Crippen LogP contribution >= 0.6 is 0 Å². The molecule has 0 unspecified atom stereocenters. The summed E-state index contributed by atoms with van der Waals surface area (Å²) in [5, 5.41) is 21.7. The second-order valence-electron chi connectivity index (χ2n) is 15.0. The quantitative estimate of drug-likeness (QED) is 0.131. The summed E-state index contributed by atoms with van der Waals surface area (Å²) in [6.07, 6.45) is 13.0. The number of aliphatic hydroxyl groups excluding tert-OH is 2. The molecule has 0 radical (unpaired) electrons. The Morgan fingerprint density at radius 2 is 1.12 bits per heavy atom. The van der Waals surface area contributed by atoms with Gasteiger partial charge in [0.2, 0.25) is 0 Å². The highest BCUT2D eigenvalue weighted by Crippen LogP contribution is 2.38. The summed E-state index contributed by atoms with van der Waals surface area (Å²) >= 11 is 0. The molecule has 6 heteroatoms. The molecule has 2 aliphatic rings. The van der Waals surface area contributed by atoms with E-state index in [4.69, 9.17) is 9.98 Å². The summed E-state index contributed by atoms with van der Waals surface area (Å²) in [4.78, 5) is 35.8. The van der Waals surface area contributed by atoms with Crippen LogP contribution in [0.4, 0.5) is 0 Å². The summed E-state index contributed by atoms with van der Waals surface area (Å²) in [6.45, 7) is 17.2. The molecule has 42 heavy (non-hydrogen) atoms. The molecule has 0 amide bonds. The Kier molecular flexibility index (Phi) is 14.2. The van der Waals surface area contributed by atoms with E-state index in [1.54, 1.807) is 0 Å². The van der Waals surface area contributed by atoms with Crippen LogP contribution in [0.3, 0.4) is 0 Å². The minimum absolute atomic E-state index is 0.0137. The maximum Gasteiger partial charge on any atom is 0.168 e. The Balaban J connectivity index is 2.07. The lowest BCUT2D eigenvalue weighted by Crippen LogP contribution is -2.30. The highest BCUT2D eigenvalue weighted by Gasteiger charge is 2.36. The van der Waals surface area contributed by atoms with Gasteiger partial charge in [-0.15, -0.1) is 0 Å². The van der Waals surface area contributed by atoms with Gasteiger partial charge in [-0.2, -0.15) is 0 Å². The molecular formula is C36H60N2O4. The molecule has 0 aromatic heterocycles. The van der Waals surface area contributed by atoms with Crippen molar-refractivity contribution >= 4 is 23.0 Å². The lowest BCUT2D eigenvalue weighted by molar-refractivity contribution is -0.118. The first-order valence-electron chi connectivity index (χ1n) is 16.6. The Bertz CT molecular complexity index is 1060. The SMILES string of the molecule is CC(C)CCCCCCCCN=C(CCCCC(=NC(C)C)C1=C(O)CC(C)(C)CC1=O)C1=C(O)CC(C)(C)CC1=O. The summed E-state index contributed by atoms with van der Waals surface area (Å²) in [5.74, 6) is 1.06. The summed E-state index contributed by atoms with van der Waals surface area (Å²) in [7, 11) is 0. The average molecular weight is 585 g/mol. The molecule has 2 N–H and O–H groups in total. The Hall–Kier alpha value is -2.24. The van der Waals surface area contributed by atoms with Crippen molar-refractivity contribution in [2.45, 2.75) is 158 Å². The first kappa shape index (κ1) is 36.0. The van der Waals surface area contributed by atoms with Crippen molar-refractivity contribution in [1.82, 2.24) is 0 Å². The Labute approximate surface area is 256 Å². The van der Waals surface area contributed by atoms with E-state index >= 15 is 0 Å². The number of ketones is 2.